The largest absolute Gasteiger partial charge is 0.466 e. The molecule has 0 saturated heterocycles. The van der Waals surface area contributed by atoms with E-state index in [1.54, 1.807) is 0 Å². The van der Waals surface area contributed by atoms with Gasteiger partial charge in [0, 0.05) is 12.8 Å². The van der Waals surface area contributed by atoms with E-state index in [2.05, 4.69) is 13.8 Å². The molecule has 0 N–H and O–H groups in total. The van der Waals surface area contributed by atoms with Crippen LogP contribution in [-0.2, 0) is 19.1 Å². The highest BCUT2D eigenvalue weighted by atomic mass is 16.5. The molecule has 0 radical (unpaired) electrons. The van der Waals surface area contributed by atoms with Crippen molar-refractivity contribution < 1.29 is 19.1 Å². The third kappa shape index (κ3) is 23.2. The lowest BCUT2D eigenvalue weighted by Crippen LogP contribution is -2.06. The Labute approximate surface area is 186 Å². The Morgan fingerprint density at radius 1 is 0.433 bits per heavy atom. The second-order valence-electron chi connectivity index (χ2n) is 8.60. The third-order valence-electron chi connectivity index (χ3n) is 5.53. The molecule has 4 heteroatoms. The van der Waals surface area contributed by atoms with E-state index in [-0.39, 0.29) is 11.9 Å². The van der Waals surface area contributed by atoms with Gasteiger partial charge in [0.2, 0.25) is 0 Å². The summed E-state index contributed by atoms with van der Waals surface area (Å²) >= 11 is 0. The number of hydrogen-bond donors (Lipinski definition) is 0. The summed E-state index contributed by atoms with van der Waals surface area (Å²) in [5, 5.41) is 0. The predicted molar refractivity (Wildman–Crippen MR) is 126 cm³/mol. The summed E-state index contributed by atoms with van der Waals surface area (Å²) < 4.78 is 10.5. The van der Waals surface area contributed by atoms with E-state index in [0.717, 1.165) is 64.2 Å². The Morgan fingerprint density at radius 3 is 1.17 bits per heavy atom. The highest BCUT2D eigenvalue weighted by molar-refractivity contribution is 5.69. The Bertz CT molecular complexity index is 381. The van der Waals surface area contributed by atoms with Crippen LogP contribution in [0.5, 0.6) is 0 Å². The summed E-state index contributed by atoms with van der Waals surface area (Å²) in [5.41, 5.74) is 0. The Balaban J connectivity index is 3.24. The zero-order chi connectivity index (χ0) is 22.1. The zero-order valence-corrected chi connectivity index (χ0v) is 20.2. The van der Waals surface area contributed by atoms with Crippen molar-refractivity contribution in [1.82, 2.24) is 0 Å². The van der Waals surface area contributed by atoms with Gasteiger partial charge in [-0.15, -0.1) is 0 Å². The van der Waals surface area contributed by atoms with Crippen molar-refractivity contribution in [1.29, 1.82) is 0 Å². The summed E-state index contributed by atoms with van der Waals surface area (Å²) in [5.74, 6) is -0.0961. The van der Waals surface area contributed by atoms with E-state index >= 15 is 0 Å². The third-order valence-corrected chi connectivity index (χ3v) is 5.53. The number of carbonyl (C=O) groups excluding carboxylic acids is 2. The van der Waals surface area contributed by atoms with Crippen molar-refractivity contribution in [3.8, 4) is 0 Å². The first kappa shape index (κ1) is 28.9. The van der Waals surface area contributed by atoms with Crippen LogP contribution in [0.25, 0.3) is 0 Å². The summed E-state index contributed by atoms with van der Waals surface area (Å²) in [6.07, 6.45) is 22.1. The minimum Gasteiger partial charge on any atom is -0.466 e. The van der Waals surface area contributed by atoms with Gasteiger partial charge in [0.1, 0.15) is 0 Å². The predicted octanol–water partition coefficient (Wildman–Crippen LogP) is 7.91. The van der Waals surface area contributed by atoms with Gasteiger partial charge >= 0.3 is 11.9 Å². The number of rotatable bonds is 23. The van der Waals surface area contributed by atoms with Crippen molar-refractivity contribution in [2.45, 2.75) is 142 Å². The molecule has 0 aromatic carbocycles. The van der Waals surface area contributed by atoms with Gasteiger partial charge in [-0.3, -0.25) is 9.59 Å². The standard InChI is InChI=1S/C26H50O4/c1-3-5-7-8-9-10-13-16-20-24-30-26(28)22-18-15-12-11-14-17-21-25(27)29-23-19-6-4-2/h3-24H2,1-2H3. The van der Waals surface area contributed by atoms with Crippen LogP contribution in [0.2, 0.25) is 0 Å². The molecular weight excluding hydrogens is 376 g/mol. The molecule has 0 aromatic heterocycles. The molecule has 0 aliphatic carbocycles. The SMILES string of the molecule is CCCCCCCCCCCOC(=O)CCCCCCCCC(=O)OCCCCC. The number of unbranched alkanes of at least 4 members (excludes halogenated alkanes) is 15. The van der Waals surface area contributed by atoms with Gasteiger partial charge in [-0.1, -0.05) is 104 Å². The molecule has 178 valence electrons. The fraction of sp³-hybridized carbons (Fsp3) is 0.923. The molecule has 0 rings (SSSR count). The average Bonchev–Trinajstić information content (AvgIpc) is 2.74. The van der Waals surface area contributed by atoms with E-state index in [1.165, 1.54) is 51.4 Å². The Hall–Kier alpha value is -1.06. The lowest BCUT2D eigenvalue weighted by Gasteiger charge is -2.06. The number of esters is 2. The number of hydrogen-bond acceptors (Lipinski definition) is 4. The molecule has 0 spiro atoms. The molecule has 0 aliphatic heterocycles. The molecule has 0 amide bonds. The first-order valence-electron chi connectivity index (χ1n) is 13.0. The normalized spacial score (nSPS) is 10.9. The first-order valence-corrected chi connectivity index (χ1v) is 13.0. The van der Waals surface area contributed by atoms with E-state index in [4.69, 9.17) is 9.47 Å². The highest BCUT2D eigenvalue weighted by Gasteiger charge is 2.04. The summed E-state index contributed by atoms with van der Waals surface area (Å²) in [6.45, 7) is 5.55. The van der Waals surface area contributed by atoms with E-state index in [0.29, 0.717) is 26.1 Å². The second-order valence-corrected chi connectivity index (χ2v) is 8.60. The zero-order valence-electron chi connectivity index (χ0n) is 20.2. The topological polar surface area (TPSA) is 52.6 Å². The molecule has 0 saturated carbocycles. The van der Waals surface area contributed by atoms with E-state index < -0.39 is 0 Å². The fourth-order valence-corrected chi connectivity index (χ4v) is 3.53. The minimum atomic E-state index is -0.0548. The Morgan fingerprint density at radius 2 is 0.733 bits per heavy atom. The monoisotopic (exact) mass is 426 g/mol. The van der Waals surface area contributed by atoms with Crippen molar-refractivity contribution in [2.24, 2.45) is 0 Å². The van der Waals surface area contributed by atoms with E-state index in [9.17, 15) is 9.59 Å². The van der Waals surface area contributed by atoms with Gasteiger partial charge < -0.3 is 9.47 Å². The van der Waals surface area contributed by atoms with E-state index in [1.807, 2.05) is 0 Å². The maximum Gasteiger partial charge on any atom is 0.305 e. The summed E-state index contributed by atoms with van der Waals surface area (Å²) in [6, 6.07) is 0. The van der Waals surface area contributed by atoms with Crippen LogP contribution in [0.1, 0.15) is 142 Å². The molecule has 0 heterocycles. The van der Waals surface area contributed by atoms with Gasteiger partial charge in [-0.05, 0) is 25.7 Å². The minimum absolute atomic E-state index is 0.0413. The van der Waals surface area contributed by atoms with Gasteiger partial charge in [-0.25, -0.2) is 0 Å². The highest BCUT2D eigenvalue weighted by Crippen LogP contribution is 2.11. The maximum absolute atomic E-state index is 11.7. The van der Waals surface area contributed by atoms with Crippen LogP contribution in [0.15, 0.2) is 0 Å². The van der Waals surface area contributed by atoms with Crippen LogP contribution in [0.3, 0.4) is 0 Å². The smallest absolute Gasteiger partial charge is 0.305 e. The van der Waals surface area contributed by atoms with Crippen LogP contribution in [0.4, 0.5) is 0 Å². The van der Waals surface area contributed by atoms with Crippen LogP contribution in [-0.4, -0.2) is 25.2 Å². The first-order chi connectivity index (χ1) is 14.7. The number of carbonyl (C=O) groups is 2. The van der Waals surface area contributed by atoms with Crippen molar-refractivity contribution in [2.75, 3.05) is 13.2 Å². The van der Waals surface area contributed by atoms with Crippen LogP contribution >= 0.6 is 0 Å². The molecule has 4 nitrogen and oxygen atoms in total. The van der Waals surface area contributed by atoms with Crippen molar-refractivity contribution in [3.05, 3.63) is 0 Å². The quantitative estimate of drug-likeness (QED) is 0.123. The molecule has 0 fully saturated rings. The summed E-state index contributed by atoms with van der Waals surface area (Å²) in [4.78, 5) is 23.3. The van der Waals surface area contributed by atoms with Crippen molar-refractivity contribution in [3.63, 3.8) is 0 Å². The number of ether oxygens (including phenoxy) is 2. The van der Waals surface area contributed by atoms with Crippen LogP contribution in [0, 0.1) is 0 Å². The van der Waals surface area contributed by atoms with Gasteiger partial charge in [0.25, 0.3) is 0 Å². The molecule has 0 aromatic rings. The van der Waals surface area contributed by atoms with Crippen molar-refractivity contribution >= 4 is 11.9 Å². The Kier molecular flexibility index (Phi) is 23.4. The second kappa shape index (κ2) is 24.2. The molecule has 0 unspecified atom stereocenters. The molecule has 30 heavy (non-hydrogen) atoms. The van der Waals surface area contributed by atoms with Crippen LogP contribution < -0.4 is 0 Å². The lowest BCUT2D eigenvalue weighted by molar-refractivity contribution is -0.144. The molecular formula is C26H50O4. The lowest BCUT2D eigenvalue weighted by atomic mass is 10.1. The molecule has 0 bridgehead atoms. The maximum atomic E-state index is 11.7. The fourth-order valence-electron chi connectivity index (χ4n) is 3.53. The molecule has 0 atom stereocenters. The van der Waals surface area contributed by atoms with Gasteiger partial charge in [0.05, 0.1) is 13.2 Å². The van der Waals surface area contributed by atoms with Gasteiger partial charge in [-0.2, -0.15) is 0 Å². The van der Waals surface area contributed by atoms with Gasteiger partial charge in [0.15, 0.2) is 0 Å². The molecule has 0 aliphatic rings. The summed E-state index contributed by atoms with van der Waals surface area (Å²) in [7, 11) is 0. The average molecular weight is 427 g/mol.